The molecule has 6 rings (SSSR count). The molecular weight excluding hydrogens is 772 g/mol. The smallest absolute Gasteiger partial charge is 0.405 e. The fourth-order valence-electron chi connectivity index (χ4n) is 7.58. The molecular formula is C38H56Br2N2O8. The Labute approximate surface area is 313 Å². The van der Waals surface area contributed by atoms with E-state index in [9.17, 15) is 30.0 Å². The first-order valence-electron chi connectivity index (χ1n) is 18.0. The number of carbonyl (C=O) groups excluding carboxylic acids is 2. The first-order chi connectivity index (χ1) is 23.9. The number of carbonyl (C=O) groups is 2. The van der Waals surface area contributed by atoms with Crippen molar-refractivity contribution in [2.24, 2.45) is 23.3 Å². The summed E-state index contributed by atoms with van der Waals surface area (Å²) in [5, 5.41) is 47.0. The van der Waals surface area contributed by atoms with Crippen LogP contribution in [0.3, 0.4) is 0 Å². The average molecular weight is 829 g/mol. The van der Waals surface area contributed by atoms with Crippen molar-refractivity contribution in [3.05, 3.63) is 46.5 Å². The summed E-state index contributed by atoms with van der Waals surface area (Å²) in [7, 11) is 0. The van der Waals surface area contributed by atoms with Crippen molar-refractivity contribution in [3.8, 4) is 23.0 Å². The second-order valence-electron chi connectivity index (χ2n) is 13.9. The average Bonchev–Trinajstić information content (AvgIpc) is 3.04. The molecule has 0 fully saturated rings. The van der Waals surface area contributed by atoms with Gasteiger partial charge >= 0.3 is 12.2 Å². The summed E-state index contributed by atoms with van der Waals surface area (Å²) in [5.41, 5.74) is 12.9. The van der Waals surface area contributed by atoms with Crippen molar-refractivity contribution < 1.29 is 39.5 Å². The third-order valence-electron chi connectivity index (χ3n) is 10.1. The second kappa shape index (κ2) is 20.9. The molecule has 8 N–H and O–H groups in total. The number of amides is 2. The molecule has 0 radical (unpaired) electrons. The molecule has 0 heterocycles. The molecule has 280 valence electrons. The summed E-state index contributed by atoms with van der Waals surface area (Å²) in [4.78, 5) is 24.0. The number of unbranched alkanes of at least 4 members (excludes halogenated alkanes) is 2. The van der Waals surface area contributed by atoms with E-state index in [-0.39, 0.29) is 46.7 Å². The number of nitrogens with two attached hydrogens (primary N) is 2. The van der Waals surface area contributed by atoms with E-state index in [1.807, 2.05) is 13.8 Å². The van der Waals surface area contributed by atoms with Gasteiger partial charge in [-0.05, 0) is 99.3 Å². The van der Waals surface area contributed by atoms with Crippen molar-refractivity contribution in [2.75, 3.05) is 10.7 Å². The zero-order valence-corrected chi connectivity index (χ0v) is 32.6. The van der Waals surface area contributed by atoms with Crippen LogP contribution in [0.15, 0.2) is 24.3 Å². The number of halogens is 2. The predicted octanol–water partition coefficient (Wildman–Crippen LogP) is 10.2. The molecule has 2 amide bonds. The summed E-state index contributed by atoms with van der Waals surface area (Å²) >= 11 is 6.99. The molecule has 0 saturated carbocycles. The van der Waals surface area contributed by atoms with E-state index in [4.69, 9.17) is 20.9 Å². The highest BCUT2D eigenvalue weighted by Gasteiger charge is 2.30. The topological polar surface area (TPSA) is 186 Å². The van der Waals surface area contributed by atoms with Gasteiger partial charge in [0.15, 0.2) is 0 Å². The van der Waals surface area contributed by atoms with Crippen LogP contribution in [0.2, 0.25) is 0 Å². The summed E-state index contributed by atoms with van der Waals surface area (Å²) in [6.45, 7) is 3.90. The third-order valence-corrected chi connectivity index (χ3v) is 11.2. The van der Waals surface area contributed by atoms with Crippen molar-refractivity contribution in [1.29, 1.82) is 0 Å². The highest BCUT2D eigenvalue weighted by Crippen LogP contribution is 2.46. The van der Waals surface area contributed by atoms with E-state index < -0.39 is 24.4 Å². The van der Waals surface area contributed by atoms with E-state index in [1.165, 1.54) is 0 Å². The lowest BCUT2D eigenvalue weighted by Gasteiger charge is -2.28. The Morgan fingerprint density at radius 2 is 0.940 bits per heavy atom. The Hall–Kier alpha value is -2.86. The predicted molar refractivity (Wildman–Crippen MR) is 202 cm³/mol. The Morgan fingerprint density at radius 3 is 1.24 bits per heavy atom. The Morgan fingerprint density at radius 1 is 0.620 bits per heavy atom. The van der Waals surface area contributed by atoms with Crippen LogP contribution < -0.4 is 11.5 Å². The molecule has 0 aliphatic heterocycles. The number of phenolic OH excluding ortho intramolecular Hbond substituents is 4. The minimum atomic E-state index is -0.932. The minimum absolute atomic E-state index is 0.0338. The van der Waals surface area contributed by atoms with Crippen LogP contribution in [0, 0.1) is 11.8 Å². The van der Waals surface area contributed by atoms with E-state index in [1.54, 1.807) is 24.3 Å². The molecule has 10 nitrogen and oxygen atoms in total. The van der Waals surface area contributed by atoms with Crippen LogP contribution in [0.25, 0.3) is 0 Å². The fraction of sp³-hybridized carbons (Fsp3) is 0.632. The first-order valence-corrected chi connectivity index (χ1v) is 20.3. The number of aromatic hydroxyl groups is 4. The van der Waals surface area contributed by atoms with Gasteiger partial charge in [0.25, 0.3) is 0 Å². The van der Waals surface area contributed by atoms with Crippen LogP contribution in [-0.4, -0.2) is 43.3 Å². The van der Waals surface area contributed by atoms with Gasteiger partial charge in [0, 0.05) is 32.9 Å². The molecule has 0 saturated heterocycles. The Bertz CT molecular complexity index is 1240. The van der Waals surface area contributed by atoms with Crippen LogP contribution in [0.4, 0.5) is 9.59 Å². The lowest BCUT2D eigenvalue weighted by molar-refractivity contribution is 0.0683. The number of rotatable bonds is 10. The second-order valence-corrected chi connectivity index (χ2v) is 15.5. The summed E-state index contributed by atoms with van der Waals surface area (Å²) < 4.78 is 11.1. The lowest BCUT2D eigenvalue weighted by Crippen LogP contribution is -2.22. The van der Waals surface area contributed by atoms with Crippen LogP contribution in [0.5, 0.6) is 23.0 Å². The largest absolute Gasteiger partial charge is 0.508 e. The van der Waals surface area contributed by atoms with Crippen molar-refractivity contribution in [2.45, 2.75) is 128 Å². The van der Waals surface area contributed by atoms with Gasteiger partial charge in [-0.25, -0.2) is 9.59 Å². The Kier molecular flexibility index (Phi) is 17.3. The molecule has 0 unspecified atom stereocenters. The highest BCUT2D eigenvalue weighted by atomic mass is 79.9. The Balaban J connectivity index is 2.04. The van der Waals surface area contributed by atoms with E-state index in [0.29, 0.717) is 47.9 Å². The van der Waals surface area contributed by atoms with Crippen molar-refractivity contribution in [1.82, 2.24) is 0 Å². The summed E-state index contributed by atoms with van der Waals surface area (Å²) in [5.74, 6) is -0.741. The molecule has 4 aliphatic carbocycles. The molecule has 2 aromatic carbocycles. The first kappa shape index (κ1) is 41.6. The molecule has 4 bridgehead atoms. The highest BCUT2D eigenvalue weighted by molar-refractivity contribution is 9.09. The van der Waals surface area contributed by atoms with E-state index in [2.05, 4.69) is 31.9 Å². The quantitative estimate of drug-likeness (QED) is 0.101. The fourth-order valence-corrected chi connectivity index (χ4v) is 8.38. The van der Waals surface area contributed by atoms with Gasteiger partial charge in [-0.15, -0.1) is 0 Å². The molecule has 0 aromatic heterocycles. The molecule has 12 heteroatoms. The SMILES string of the molecule is C[C@H]1CCCC[C@H](CCCCBr)c2c(O)cc(cc2O)[C@H](OC(N)=O)[C@@H](C)CCCC[C@H](CCCCBr)c2c(O)cc(cc2O)[C@@H]1OC(N)=O. The molecule has 50 heavy (non-hydrogen) atoms. The van der Waals surface area contributed by atoms with Crippen molar-refractivity contribution in [3.63, 3.8) is 0 Å². The zero-order chi connectivity index (χ0) is 36.8. The number of hydrogen-bond donors (Lipinski definition) is 6. The maximum absolute atomic E-state index is 12.0. The van der Waals surface area contributed by atoms with Crippen LogP contribution >= 0.6 is 31.9 Å². The number of benzene rings is 2. The van der Waals surface area contributed by atoms with Crippen LogP contribution in [0.1, 0.15) is 150 Å². The van der Waals surface area contributed by atoms with Crippen molar-refractivity contribution >= 4 is 44.0 Å². The number of phenols is 4. The summed E-state index contributed by atoms with van der Waals surface area (Å²) in [6.07, 6.45) is 7.55. The lowest BCUT2D eigenvalue weighted by atomic mass is 9.83. The zero-order valence-electron chi connectivity index (χ0n) is 29.4. The van der Waals surface area contributed by atoms with Gasteiger partial charge in [0.2, 0.25) is 0 Å². The molecule has 2 aromatic rings. The van der Waals surface area contributed by atoms with Crippen LogP contribution in [-0.2, 0) is 9.47 Å². The molecule has 0 spiro atoms. The number of hydrogen-bond acceptors (Lipinski definition) is 8. The van der Waals surface area contributed by atoms with Gasteiger partial charge in [0.05, 0.1) is 0 Å². The number of primary amides is 2. The van der Waals surface area contributed by atoms with Gasteiger partial charge in [-0.2, -0.15) is 0 Å². The normalized spacial score (nSPS) is 23.8. The maximum atomic E-state index is 12.0. The van der Waals surface area contributed by atoms with Gasteiger partial charge < -0.3 is 41.4 Å². The number of alkyl halides is 2. The van der Waals surface area contributed by atoms with Gasteiger partial charge in [-0.3, -0.25) is 0 Å². The maximum Gasteiger partial charge on any atom is 0.405 e. The van der Waals surface area contributed by atoms with E-state index >= 15 is 0 Å². The number of ether oxygens (including phenoxy) is 2. The van der Waals surface area contributed by atoms with E-state index in [0.717, 1.165) is 74.9 Å². The molecule has 6 atom stereocenters. The monoisotopic (exact) mass is 826 g/mol. The standard InChI is InChI=1S/C38H56Br2N2O8/c1-23-11-3-5-13-25(15-7-9-17-39)34-31(45)21-28(22-32(34)46)36(50-38(42)48)24(2)12-4-6-14-26(16-8-10-18-40)33-29(43)19-27(20-30(33)44)35(23)49-37(41)47/h19-26,35-36,43-46H,3-18H2,1-2H3,(H2,41,47)(H2,42,48)/t23-,24-,25+,26+,35+,36+/m0/s1. The molecule has 4 aliphatic rings. The third kappa shape index (κ3) is 12.1. The van der Waals surface area contributed by atoms with Gasteiger partial charge in [-0.1, -0.05) is 84.2 Å². The van der Waals surface area contributed by atoms with Gasteiger partial charge in [0.1, 0.15) is 35.2 Å². The summed E-state index contributed by atoms with van der Waals surface area (Å²) in [6, 6.07) is 6.35. The minimum Gasteiger partial charge on any atom is -0.508 e.